The smallest absolute Gasteiger partial charge is 0.183 e. The van der Waals surface area contributed by atoms with E-state index in [1.807, 2.05) is 6.20 Å². The number of piperidine rings is 1. The first-order chi connectivity index (χ1) is 7.05. The molecule has 4 heteroatoms. The van der Waals surface area contributed by atoms with Crippen LogP contribution in [0.5, 0.6) is 0 Å². The van der Waals surface area contributed by atoms with Crippen LogP contribution in [0.3, 0.4) is 0 Å². The van der Waals surface area contributed by atoms with Crippen LogP contribution in [0.1, 0.15) is 31.6 Å². The molecular weight excluding hydrogens is 228 g/mol. The van der Waals surface area contributed by atoms with Gasteiger partial charge in [0, 0.05) is 24.2 Å². The van der Waals surface area contributed by atoms with Crippen LogP contribution in [0.25, 0.3) is 0 Å². The minimum Gasteiger partial charge on any atom is -0.298 e. The molecule has 0 aromatic carbocycles. The van der Waals surface area contributed by atoms with E-state index in [-0.39, 0.29) is 0 Å². The van der Waals surface area contributed by atoms with Crippen molar-refractivity contribution in [2.45, 2.75) is 33.2 Å². The van der Waals surface area contributed by atoms with Crippen LogP contribution >= 0.6 is 22.9 Å². The number of likely N-dealkylation sites (tertiary alicyclic amines) is 1. The Morgan fingerprint density at radius 2 is 2.40 bits per heavy atom. The fourth-order valence-electron chi connectivity index (χ4n) is 2.26. The molecule has 0 saturated carbocycles. The Morgan fingerprint density at radius 3 is 3.00 bits per heavy atom. The lowest BCUT2D eigenvalue weighted by molar-refractivity contribution is 0.112. The zero-order chi connectivity index (χ0) is 10.9. The highest BCUT2D eigenvalue weighted by atomic mass is 35.5. The minimum atomic E-state index is 0.465. The van der Waals surface area contributed by atoms with Crippen molar-refractivity contribution in [3.63, 3.8) is 0 Å². The lowest BCUT2D eigenvalue weighted by atomic mass is 9.84. The molecule has 2 nitrogen and oxygen atoms in total. The summed E-state index contributed by atoms with van der Waals surface area (Å²) in [5, 5.41) is 0. The monoisotopic (exact) mass is 244 g/mol. The maximum atomic E-state index is 5.82. The van der Waals surface area contributed by atoms with Crippen molar-refractivity contribution < 1.29 is 0 Å². The SMILES string of the molecule is CC1(C)CCCN(Cc2cnc(Cl)s2)C1. The molecule has 1 aliphatic heterocycles. The molecule has 2 heterocycles. The predicted octanol–water partition coefficient (Wildman–Crippen LogP) is 3.42. The lowest BCUT2D eigenvalue weighted by Crippen LogP contribution is -2.39. The van der Waals surface area contributed by atoms with E-state index < -0.39 is 0 Å². The Kier molecular flexibility index (Phi) is 3.33. The van der Waals surface area contributed by atoms with Gasteiger partial charge in [0.2, 0.25) is 0 Å². The molecule has 1 fully saturated rings. The molecule has 84 valence electrons. The van der Waals surface area contributed by atoms with Crippen LogP contribution in [-0.4, -0.2) is 23.0 Å². The van der Waals surface area contributed by atoms with E-state index in [0.717, 1.165) is 6.54 Å². The van der Waals surface area contributed by atoms with E-state index in [4.69, 9.17) is 11.6 Å². The first-order valence-corrected chi connectivity index (χ1v) is 6.57. The topological polar surface area (TPSA) is 16.1 Å². The van der Waals surface area contributed by atoms with Crippen molar-refractivity contribution in [2.75, 3.05) is 13.1 Å². The molecule has 15 heavy (non-hydrogen) atoms. The first kappa shape index (κ1) is 11.4. The Labute approximate surface area is 100 Å². The van der Waals surface area contributed by atoms with Crippen LogP contribution in [0.15, 0.2) is 6.20 Å². The van der Waals surface area contributed by atoms with Gasteiger partial charge < -0.3 is 0 Å². The van der Waals surface area contributed by atoms with Crippen LogP contribution in [-0.2, 0) is 6.54 Å². The van der Waals surface area contributed by atoms with Gasteiger partial charge in [0.05, 0.1) is 0 Å². The third kappa shape index (κ3) is 3.16. The maximum Gasteiger partial charge on any atom is 0.183 e. The van der Waals surface area contributed by atoms with Gasteiger partial charge in [-0.3, -0.25) is 4.90 Å². The van der Waals surface area contributed by atoms with Crippen LogP contribution in [0.4, 0.5) is 0 Å². The Balaban J connectivity index is 1.95. The zero-order valence-corrected chi connectivity index (χ0v) is 10.9. The van der Waals surface area contributed by atoms with Gasteiger partial charge in [0.1, 0.15) is 0 Å². The predicted molar refractivity (Wildman–Crippen MR) is 65.4 cm³/mol. The van der Waals surface area contributed by atoms with E-state index in [0.29, 0.717) is 9.88 Å². The van der Waals surface area contributed by atoms with Gasteiger partial charge in [-0.2, -0.15) is 0 Å². The van der Waals surface area contributed by atoms with Gasteiger partial charge in [-0.15, -0.1) is 11.3 Å². The zero-order valence-electron chi connectivity index (χ0n) is 9.29. The summed E-state index contributed by atoms with van der Waals surface area (Å²) < 4.78 is 0.654. The average molecular weight is 245 g/mol. The van der Waals surface area contributed by atoms with Gasteiger partial charge in [-0.05, 0) is 24.8 Å². The molecule has 1 aliphatic rings. The van der Waals surface area contributed by atoms with Crippen molar-refractivity contribution in [1.29, 1.82) is 0 Å². The molecule has 1 aromatic heterocycles. The van der Waals surface area contributed by atoms with Crippen molar-refractivity contribution in [3.05, 3.63) is 15.5 Å². The van der Waals surface area contributed by atoms with Crippen molar-refractivity contribution >= 4 is 22.9 Å². The van der Waals surface area contributed by atoms with E-state index in [2.05, 4.69) is 23.7 Å². The molecule has 1 aromatic rings. The minimum absolute atomic E-state index is 0.465. The average Bonchev–Trinajstić information content (AvgIpc) is 2.49. The van der Waals surface area contributed by atoms with Crippen LogP contribution in [0.2, 0.25) is 4.47 Å². The summed E-state index contributed by atoms with van der Waals surface area (Å²) in [7, 11) is 0. The van der Waals surface area contributed by atoms with Gasteiger partial charge in [0.15, 0.2) is 4.47 Å². The van der Waals surface area contributed by atoms with Crippen molar-refractivity contribution in [1.82, 2.24) is 9.88 Å². The van der Waals surface area contributed by atoms with E-state index in [9.17, 15) is 0 Å². The number of thiazole rings is 1. The quantitative estimate of drug-likeness (QED) is 0.793. The molecule has 0 radical (unpaired) electrons. The fraction of sp³-hybridized carbons (Fsp3) is 0.727. The largest absolute Gasteiger partial charge is 0.298 e. The van der Waals surface area contributed by atoms with Gasteiger partial charge in [-0.1, -0.05) is 25.4 Å². The van der Waals surface area contributed by atoms with Crippen LogP contribution < -0.4 is 0 Å². The highest BCUT2D eigenvalue weighted by Crippen LogP contribution is 2.30. The van der Waals surface area contributed by atoms with E-state index in [1.165, 1.54) is 30.8 Å². The second-order valence-corrected chi connectivity index (χ2v) is 6.76. The molecule has 0 atom stereocenters. The summed E-state index contributed by atoms with van der Waals surface area (Å²) in [6, 6.07) is 0. The van der Waals surface area contributed by atoms with Crippen LogP contribution in [0, 0.1) is 5.41 Å². The molecule has 0 aliphatic carbocycles. The number of hydrogen-bond acceptors (Lipinski definition) is 3. The molecule has 2 rings (SSSR count). The Bertz CT molecular complexity index is 335. The Hall–Kier alpha value is -0.120. The molecule has 0 unspecified atom stereocenters. The highest BCUT2D eigenvalue weighted by Gasteiger charge is 2.26. The Morgan fingerprint density at radius 1 is 1.60 bits per heavy atom. The molecule has 0 N–H and O–H groups in total. The highest BCUT2D eigenvalue weighted by molar-refractivity contribution is 7.15. The first-order valence-electron chi connectivity index (χ1n) is 5.38. The molecule has 0 bridgehead atoms. The summed E-state index contributed by atoms with van der Waals surface area (Å²) in [6.45, 7) is 8.09. The summed E-state index contributed by atoms with van der Waals surface area (Å²) in [5.74, 6) is 0. The summed E-state index contributed by atoms with van der Waals surface area (Å²) in [5.41, 5.74) is 0.465. The molecule has 0 spiro atoms. The number of rotatable bonds is 2. The van der Waals surface area contributed by atoms with Gasteiger partial charge >= 0.3 is 0 Å². The maximum absolute atomic E-state index is 5.82. The van der Waals surface area contributed by atoms with Gasteiger partial charge in [0.25, 0.3) is 0 Å². The van der Waals surface area contributed by atoms with Crippen molar-refractivity contribution in [3.8, 4) is 0 Å². The van der Waals surface area contributed by atoms with E-state index >= 15 is 0 Å². The summed E-state index contributed by atoms with van der Waals surface area (Å²) in [6.07, 6.45) is 4.54. The number of aromatic nitrogens is 1. The van der Waals surface area contributed by atoms with Gasteiger partial charge in [-0.25, -0.2) is 4.98 Å². The summed E-state index contributed by atoms with van der Waals surface area (Å²) >= 11 is 7.42. The normalized spacial score (nSPS) is 21.8. The second kappa shape index (κ2) is 4.40. The number of nitrogens with zero attached hydrogens (tertiary/aromatic N) is 2. The fourth-order valence-corrected chi connectivity index (χ4v) is 3.28. The molecule has 1 saturated heterocycles. The third-order valence-corrected chi connectivity index (χ3v) is 3.98. The number of hydrogen-bond donors (Lipinski definition) is 0. The molecular formula is C11H17ClN2S. The second-order valence-electron chi connectivity index (χ2n) is 5.06. The number of halogens is 1. The third-order valence-electron chi connectivity index (χ3n) is 2.88. The van der Waals surface area contributed by atoms with E-state index in [1.54, 1.807) is 11.3 Å². The standard InChI is InChI=1S/C11H17ClN2S/c1-11(2)4-3-5-14(8-11)7-9-6-13-10(12)15-9/h6H,3-5,7-8H2,1-2H3. The summed E-state index contributed by atoms with van der Waals surface area (Å²) in [4.78, 5) is 7.86. The van der Waals surface area contributed by atoms with Crippen molar-refractivity contribution in [2.24, 2.45) is 5.41 Å². The lowest BCUT2D eigenvalue weighted by Gasteiger charge is -2.37. The molecule has 0 amide bonds.